The van der Waals surface area contributed by atoms with Gasteiger partial charge in [-0.05, 0) is 38.3 Å². The molecule has 124 valence electrons. The van der Waals surface area contributed by atoms with Crippen LogP contribution in [0.25, 0.3) is 0 Å². The number of rotatable bonds is 6. The van der Waals surface area contributed by atoms with E-state index in [-0.39, 0.29) is 0 Å². The average Bonchev–Trinajstić information content (AvgIpc) is 2.44. The Labute approximate surface area is 133 Å². The molecular formula is C16H26N2O3S. The van der Waals surface area contributed by atoms with Crippen molar-refractivity contribution in [3.63, 3.8) is 0 Å². The molecular weight excluding hydrogens is 300 g/mol. The molecule has 0 saturated carbocycles. The number of hydrogen-bond acceptors (Lipinski definition) is 3. The summed E-state index contributed by atoms with van der Waals surface area (Å²) in [5, 5.41) is -1.13. The van der Waals surface area contributed by atoms with Crippen molar-refractivity contribution in [3.05, 3.63) is 35.4 Å². The van der Waals surface area contributed by atoms with E-state index in [1.54, 1.807) is 27.9 Å². The summed E-state index contributed by atoms with van der Waals surface area (Å²) < 4.78 is 27.5. The molecule has 5 nitrogen and oxygen atoms in total. The second-order valence-electron chi connectivity index (χ2n) is 6.20. The van der Waals surface area contributed by atoms with Crippen LogP contribution in [0.3, 0.4) is 0 Å². The summed E-state index contributed by atoms with van der Waals surface area (Å²) in [7, 11) is -0.678. The zero-order valence-electron chi connectivity index (χ0n) is 14.2. The zero-order valence-corrected chi connectivity index (χ0v) is 15.0. The lowest BCUT2D eigenvalue weighted by Gasteiger charge is -2.29. The molecule has 0 saturated heterocycles. The van der Waals surface area contributed by atoms with E-state index in [9.17, 15) is 13.2 Å². The van der Waals surface area contributed by atoms with E-state index in [4.69, 9.17) is 0 Å². The van der Waals surface area contributed by atoms with Crippen LogP contribution in [0.15, 0.2) is 24.3 Å². The summed E-state index contributed by atoms with van der Waals surface area (Å²) in [4.78, 5) is 13.2. The Balaban J connectivity index is 3.01. The predicted molar refractivity (Wildman–Crippen MR) is 89.1 cm³/mol. The number of benzene rings is 1. The number of carbonyl (C=O) groups excluding carboxylic acids is 1. The van der Waals surface area contributed by atoms with Gasteiger partial charge in [-0.2, -0.15) is 0 Å². The van der Waals surface area contributed by atoms with E-state index < -0.39 is 26.7 Å². The summed E-state index contributed by atoms with van der Waals surface area (Å²) in [5.41, 5.74) is 1.27. The topological polar surface area (TPSA) is 66.5 Å². The van der Waals surface area contributed by atoms with Crippen molar-refractivity contribution in [2.24, 2.45) is 0 Å². The minimum atomic E-state index is -3.77. The quantitative estimate of drug-likeness (QED) is 0.868. The van der Waals surface area contributed by atoms with Crippen molar-refractivity contribution in [3.8, 4) is 0 Å². The van der Waals surface area contributed by atoms with E-state index >= 15 is 0 Å². The van der Waals surface area contributed by atoms with Crippen LogP contribution in [-0.4, -0.2) is 38.6 Å². The van der Waals surface area contributed by atoms with Crippen molar-refractivity contribution in [1.82, 2.24) is 9.62 Å². The van der Waals surface area contributed by atoms with Crippen molar-refractivity contribution in [2.45, 2.75) is 44.9 Å². The normalized spacial score (nSPS) is 13.7. The highest BCUT2D eigenvalue weighted by Crippen LogP contribution is 2.23. The highest BCUT2D eigenvalue weighted by atomic mass is 32.2. The van der Waals surface area contributed by atoms with Gasteiger partial charge < -0.3 is 4.90 Å². The van der Waals surface area contributed by atoms with Gasteiger partial charge in [-0.3, -0.25) is 4.79 Å². The molecule has 0 aromatic heterocycles. The lowest BCUT2D eigenvalue weighted by Crippen LogP contribution is -2.49. The van der Waals surface area contributed by atoms with Crippen LogP contribution in [-0.2, 0) is 26.8 Å². The van der Waals surface area contributed by atoms with E-state index in [0.717, 1.165) is 12.0 Å². The summed E-state index contributed by atoms with van der Waals surface area (Å²) >= 11 is 0. The smallest absolute Gasteiger partial charge is 0.241 e. The Kier molecular flexibility index (Phi) is 5.76. The minimum Gasteiger partial charge on any atom is -0.348 e. The fourth-order valence-electron chi connectivity index (χ4n) is 2.16. The number of sulfonamides is 1. The molecule has 0 unspecified atom stereocenters. The molecule has 1 atom stereocenters. The van der Waals surface area contributed by atoms with Crippen LogP contribution in [0, 0.1) is 0 Å². The highest BCUT2D eigenvalue weighted by molar-refractivity contribution is 7.90. The van der Waals surface area contributed by atoms with E-state index in [1.807, 2.05) is 24.3 Å². The molecule has 1 aromatic carbocycles. The minimum absolute atomic E-state index is 0.440. The number of nitrogens with one attached hydrogen (secondary N) is 1. The van der Waals surface area contributed by atoms with Crippen molar-refractivity contribution < 1.29 is 13.2 Å². The predicted octanol–water partition coefficient (Wildman–Crippen LogP) is 1.88. The Bertz CT molecular complexity index is 619. The number of amides is 1. The van der Waals surface area contributed by atoms with Crippen molar-refractivity contribution >= 4 is 15.9 Å². The maximum absolute atomic E-state index is 12.4. The molecule has 0 aliphatic carbocycles. The standard InChI is InChI=1S/C16H26N2O3S/c1-7-13-8-10-14(11-9-13)16(3,4)17-22(20,21)12(2)15(19)18(5)6/h8-12,17H,7H2,1-6H3/t12-/m1/s1. The first-order chi connectivity index (χ1) is 10.0. The SMILES string of the molecule is CCc1ccc(C(C)(C)NS(=O)(=O)[C@H](C)C(=O)N(C)C)cc1. The summed E-state index contributed by atoms with van der Waals surface area (Å²) in [6.45, 7) is 7.05. The number of nitrogens with zero attached hydrogens (tertiary/aromatic N) is 1. The van der Waals surface area contributed by atoms with Crippen LogP contribution < -0.4 is 4.72 Å². The largest absolute Gasteiger partial charge is 0.348 e. The molecule has 0 bridgehead atoms. The van der Waals surface area contributed by atoms with Gasteiger partial charge in [0.1, 0.15) is 0 Å². The van der Waals surface area contributed by atoms with Crippen molar-refractivity contribution in [1.29, 1.82) is 0 Å². The van der Waals surface area contributed by atoms with Crippen molar-refractivity contribution in [2.75, 3.05) is 14.1 Å². The molecule has 1 aromatic rings. The summed E-state index contributed by atoms with van der Waals surface area (Å²) in [6.07, 6.45) is 0.931. The highest BCUT2D eigenvalue weighted by Gasteiger charge is 2.34. The fourth-order valence-corrected chi connectivity index (χ4v) is 3.64. The van der Waals surface area contributed by atoms with Gasteiger partial charge in [-0.15, -0.1) is 0 Å². The van der Waals surface area contributed by atoms with E-state index in [1.165, 1.54) is 17.4 Å². The van der Waals surface area contributed by atoms with Crippen LogP contribution in [0.5, 0.6) is 0 Å². The molecule has 6 heteroatoms. The molecule has 22 heavy (non-hydrogen) atoms. The zero-order chi connectivity index (χ0) is 17.1. The van der Waals surface area contributed by atoms with Gasteiger partial charge in [0.25, 0.3) is 0 Å². The van der Waals surface area contributed by atoms with Gasteiger partial charge in [0.05, 0.1) is 5.54 Å². The van der Waals surface area contributed by atoms with Crippen LogP contribution in [0.4, 0.5) is 0 Å². The second-order valence-corrected chi connectivity index (χ2v) is 8.20. The monoisotopic (exact) mass is 326 g/mol. The molecule has 0 spiro atoms. The van der Waals surface area contributed by atoms with E-state index in [0.29, 0.717) is 0 Å². The maximum Gasteiger partial charge on any atom is 0.241 e. The van der Waals surface area contributed by atoms with Gasteiger partial charge in [0.15, 0.2) is 5.25 Å². The maximum atomic E-state index is 12.4. The third-order valence-electron chi connectivity index (χ3n) is 3.74. The lowest BCUT2D eigenvalue weighted by atomic mass is 9.94. The Morgan fingerprint density at radius 1 is 1.23 bits per heavy atom. The lowest BCUT2D eigenvalue weighted by molar-refractivity contribution is -0.127. The van der Waals surface area contributed by atoms with Gasteiger partial charge in [0.2, 0.25) is 15.9 Å². The first-order valence-corrected chi connectivity index (χ1v) is 8.89. The molecule has 1 N–H and O–H groups in total. The summed E-state index contributed by atoms with van der Waals surface area (Å²) in [5.74, 6) is -0.440. The van der Waals surface area contributed by atoms with Crippen LogP contribution >= 0.6 is 0 Å². The van der Waals surface area contributed by atoms with Crippen LogP contribution in [0.2, 0.25) is 0 Å². The molecule has 0 aliphatic rings. The molecule has 1 rings (SSSR count). The third kappa shape index (κ3) is 4.30. The Morgan fingerprint density at radius 3 is 2.14 bits per heavy atom. The van der Waals surface area contributed by atoms with E-state index in [2.05, 4.69) is 11.6 Å². The second kappa shape index (κ2) is 6.79. The molecule has 0 heterocycles. The number of aryl methyl sites for hydroxylation is 1. The van der Waals surface area contributed by atoms with Gasteiger partial charge >= 0.3 is 0 Å². The number of hydrogen-bond donors (Lipinski definition) is 1. The Morgan fingerprint density at radius 2 is 1.73 bits per heavy atom. The average molecular weight is 326 g/mol. The van der Waals surface area contributed by atoms with Crippen LogP contribution in [0.1, 0.15) is 38.8 Å². The molecule has 0 radical (unpaired) electrons. The molecule has 0 aliphatic heterocycles. The molecule has 1 amide bonds. The Hall–Kier alpha value is -1.40. The third-order valence-corrected chi connectivity index (χ3v) is 5.66. The first-order valence-electron chi connectivity index (χ1n) is 7.34. The van der Waals surface area contributed by atoms with Gasteiger partial charge in [-0.25, -0.2) is 13.1 Å². The molecule has 0 fully saturated rings. The number of carbonyl (C=O) groups is 1. The van der Waals surface area contributed by atoms with Gasteiger partial charge in [0, 0.05) is 14.1 Å². The van der Waals surface area contributed by atoms with Gasteiger partial charge in [-0.1, -0.05) is 31.2 Å². The first kappa shape index (κ1) is 18.6. The summed E-state index contributed by atoms with van der Waals surface area (Å²) in [6, 6.07) is 7.80. The fraction of sp³-hybridized carbons (Fsp3) is 0.562.